The Bertz CT molecular complexity index is 1010. The van der Waals surface area contributed by atoms with Crippen LogP contribution < -0.4 is 16.1 Å². The zero-order valence-corrected chi connectivity index (χ0v) is 11.4. The van der Waals surface area contributed by atoms with Crippen LogP contribution >= 0.6 is 0 Å². The second kappa shape index (κ2) is 4.92. The number of aromatic nitrogens is 4. The minimum atomic E-state index is -0.215. The van der Waals surface area contributed by atoms with Gasteiger partial charge in [-0.25, -0.2) is 4.99 Å². The highest BCUT2D eigenvalue weighted by Gasteiger charge is 2.12. The van der Waals surface area contributed by atoms with Gasteiger partial charge < -0.3 is 0 Å². The highest BCUT2D eigenvalue weighted by molar-refractivity contribution is 5.74. The van der Waals surface area contributed by atoms with Gasteiger partial charge in [0.05, 0.1) is 28.5 Å². The minimum Gasteiger partial charge on any atom is -0.295 e. The molecule has 2 aromatic heterocycles. The number of benzene rings is 1. The Balaban J connectivity index is 1.86. The molecule has 6 heteroatoms. The molecule has 0 saturated heterocycles. The van der Waals surface area contributed by atoms with E-state index in [9.17, 15) is 4.79 Å². The standard InChI is InChI=1S/C16H11N5O/c22-16-12(15(20-21-16)14-9-17-5-6-18-14)8-11-7-10-3-1-2-4-13(10)19-11/h1-9H,(H2,20,21,22)/b11-8-. The van der Waals surface area contributed by atoms with Gasteiger partial charge in [-0.3, -0.25) is 25.0 Å². The average Bonchev–Trinajstić information content (AvgIpc) is 3.12. The molecule has 4 rings (SSSR count). The number of nitrogens with one attached hydrogen (secondary N) is 2. The summed E-state index contributed by atoms with van der Waals surface area (Å²) in [6.45, 7) is 0. The van der Waals surface area contributed by atoms with E-state index in [1.54, 1.807) is 24.7 Å². The Labute approximate surface area is 124 Å². The van der Waals surface area contributed by atoms with Crippen molar-refractivity contribution >= 4 is 12.2 Å². The van der Waals surface area contributed by atoms with Gasteiger partial charge in [-0.1, -0.05) is 18.2 Å². The molecule has 0 radical (unpaired) electrons. The van der Waals surface area contributed by atoms with Gasteiger partial charge >= 0.3 is 0 Å². The van der Waals surface area contributed by atoms with Crippen LogP contribution in [0.5, 0.6) is 0 Å². The lowest BCUT2D eigenvalue weighted by atomic mass is 10.1. The van der Waals surface area contributed by atoms with E-state index in [2.05, 4.69) is 25.2 Å². The van der Waals surface area contributed by atoms with E-state index in [4.69, 9.17) is 0 Å². The van der Waals surface area contributed by atoms with Gasteiger partial charge in [0.1, 0.15) is 5.69 Å². The lowest BCUT2D eigenvalue weighted by Gasteiger charge is -1.97. The molecule has 0 bridgehead atoms. The molecule has 0 saturated carbocycles. The Morgan fingerprint density at radius 1 is 1.09 bits per heavy atom. The lowest BCUT2D eigenvalue weighted by molar-refractivity contribution is 1.05. The van der Waals surface area contributed by atoms with Crippen molar-refractivity contribution in [2.24, 2.45) is 4.99 Å². The van der Waals surface area contributed by atoms with Crippen molar-refractivity contribution < 1.29 is 0 Å². The zero-order chi connectivity index (χ0) is 14.9. The molecule has 6 nitrogen and oxygen atoms in total. The Kier molecular flexibility index (Phi) is 2.79. The molecule has 1 aromatic carbocycles. The number of aromatic amines is 2. The maximum Gasteiger partial charge on any atom is 0.271 e. The van der Waals surface area contributed by atoms with E-state index in [0.717, 1.165) is 16.3 Å². The normalized spacial score (nSPS) is 14.5. The van der Waals surface area contributed by atoms with Crippen LogP contribution in [0.3, 0.4) is 0 Å². The van der Waals surface area contributed by atoms with Crippen LogP contribution in [-0.4, -0.2) is 20.2 Å². The van der Waals surface area contributed by atoms with Gasteiger partial charge in [0.2, 0.25) is 0 Å². The number of para-hydroxylation sites is 1. The fourth-order valence-electron chi connectivity index (χ4n) is 2.40. The largest absolute Gasteiger partial charge is 0.295 e. The fourth-order valence-corrected chi connectivity index (χ4v) is 2.40. The Morgan fingerprint density at radius 2 is 2.00 bits per heavy atom. The molecule has 1 aliphatic rings. The van der Waals surface area contributed by atoms with Crippen LogP contribution in [0.25, 0.3) is 23.5 Å². The maximum atomic E-state index is 12.0. The van der Waals surface area contributed by atoms with E-state index < -0.39 is 0 Å². The van der Waals surface area contributed by atoms with E-state index in [-0.39, 0.29) is 5.56 Å². The molecule has 2 N–H and O–H groups in total. The first-order valence-corrected chi connectivity index (χ1v) is 6.75. The van der Waals surface area contributed by atoms with Crippen LogP contribution in [0.1, 0.15) is 5.56 Å². The predicted molar refractivity (Wildman–Crippen MR) is 82.1 cm³/mol. The van der Waals surface area contributed by atoms with Crippen LogP contribution in [0.4, 0.5) is 0 Å². The third kappa shape index (κ3) is 2.07. The van der Waals surface area contributed by atoms with E-state index in [1.165, 1.54) is 0 Å². The van der Waals surface area contributed by atoms with Crippen LogP contribution in [0.15, 0.2) is 58.3 Å². The molecule has 0 atom stereocenters. The SMILES string of the molecule is O=c1[nH][nH]c(-c2cnccn2)c1/C=C1/C=c2ccccc2=N1. The summed E-state index contributed by atoms with van der Waals surface area (Å²) in [5.74, 6) is 0. The van der Waals surface area contributed by atoms with Gasteiger partial charge in [0.15, 0.2) is 0 Å². The molecular formula is C16H11N5O. The average molecular weight is 289 g/mol. The van der Waals surface area contributed by atoms with Crippen LogP contribution in [0.2, 0.25) is 0 Å². The Morgan fingerprint density at radius 3 is 2.82 bits per heavy atom. The number of fused-ring (bicyclic) bond motifs is 1. The summed E-state index contributed by atoms with van der Waals surface area (Å²) >= 11 is 0. The highest BCUT2D eigenvalue weighted by atomic mass is 16.1. The topological polar surface area (TPSA) is 86.8 Å². The van der Waals surface area contributed by atoms with Crippen molar-refractivity contribution in [3.63, 3.8) is 0 Å². The maximum absolute atomic E-state index is 12.0. The van der Waals surface area contributed by atoms with Crippen molar-refractivity contribution in [1.29, 1.82) is 0 Å². The van der Waals surface area contributed by atoms with Crippen LogP contribution in [-0.2, 0) is 0 Å². The number of hydrogen-bond donors (Lipinski definition) is 2. The van der Waals surface area contributed by atoms with E-state index >= 15 is 0 Å². The molecule has 0 aliphatic carbocycles. The molecule has 0 fully saturated rings. The molecular weight excluding hydrogens is 278 g/mol. The quantitative estimate of drug-likeness (QED) is 0.725. The second-order valence-corrected chi connectivity index (χ2v) is 4.84. The zero-order valence-electron chi connectivity index (χ0n) is 11.4. The number of hydrogen-bond acceptors (Lipinski definition) is 4. The third-order valence-corrected chi connectivity index (χ3v) is 3.42. The van der Waals surface area contributed by atoms with E-state index in [1.807, 2.05) is 30.3 Å². The predicted octanol–water partition coefficient (Wildman–Crippen LogP) is 0.615. The van der Waals surface area contributed by atoms with Gasteiger partial charge in [0, 0.05) is 17.6 Å². The first kappa shape index (κ1) is 12.5. The first-order chi connectivity index (χ1) is 10.8. The van der Waals surface area contributed by atoms with Gasteiger partial charge in [-0.15, -0.1) is 0 Å². The number of rotatable bonds is 2. The molecule has 0 spiro atoms. The molecule has 106 valence electrons. The van der Waals surface area contributed by atoms with Gasteiger partial charge in [-0.2, -0.15) is 0 Å². The first-order valence-electron chi connectivity index (χ1n) is 6.75. The van der Waals surface area contributed by atoms with Crippen molar-refractivity contribution in [2.75, 3.05) is 0 Å². The monoisotopic (exact) mass is 289 g/mol. The summed E-state index contributed by atoms with van der Waals surface area (Å²) in [5.41, 5.74) is 2.21. The summed E-state index contributed by atoms with van der Waals surface area (Å²) in [6, 6.07) is 7.83. The summed E-state index contributed by atoms with van der Waals surface area (Å²) < 4.78 is 0. The van der Waals surface area contributed by atoms with Crippen molar-refractivity contribution in [3.8, 4) is 11.4 Å². The van der Waals surface area contributed by atoms with Crippen molar-refractivity contribution in [1.82, 2.24) is 20.2 Å². The summed E-state index contributed by atoms with van der Waals surface area (Å²) in [7, 11) is 0. The molecule has 3 aromatic rings. The molecule has 0 amide bonds. The summed E-state index contributed by atoms with van der Waals surface area (Å²) in [4.78, 5) is 24.8. The number of allylic oxidation sites excluding steroid dienone is 1. The molecule has 0 unspecified atom stereocenters. The van der Waals surface area contributed by atoms with Crippen LogP contribution in [0, 0.1) is 0 Å². The number of nitrogens with zero attached hydrogens (tertiary/aromatic N) is 3. The van der Waals surface area contributed by atoms with Crippen molar-refractivity contribution in [2.45, 2.75) is 0 Å². The Hall–Kier alpha value is -3.28. The van der Waals surface area contributed by atoms with Gasteiger partial charge in [0.25, 0.3) is 5.56 Å². The van der Waals surface area contributed by atoms with Crippen molar-refractivity contribution in [3.05, 3.63) is 75.0 Å². The summed E-state index contributed by atoms with van der Waals surface area (Å²) in [6.07, 6.45) is 8.47. The summed E-state index contributed by atoms with van der Waals surface area (Å²) in [5, 5.41) is 7.38. The third-order valence-electron chi connectivity index (χ3n) is 3.42. The second-order valence-electron chi connectivity index (χ2n) is 4.84. The van der Waals surface area contributed by atoms with Gasteiger partial charge in [-0.05, 0) is 18.2 Å². The molecule has 22 heavy (non-hydrogen) atoms. The lowest BCUT2D eigenvalue weighted by Crippen LogP contribution is -2.19. The molecule has 1 aliphatic heterocycles. The smallest absolute Gasteiger partial charge is 0.271 e. The highest BCUT2D eigenvalue weighted by Crippen LogP contribution is 2.18. The minimum absolute atomic E-state index is 0.215. The fraction of sp³-hybridized carbons (Fsp3) is 0. The van der Waals surface area contributed by atoms with E-state index in [0.29, 0.717) is 17.0 Å². The molecule has 3 heterocycles. The number of H-pyrrole nitrogens is 2.